The summed E-state index contributed by atoms with van der Waals surface area (Å²) in [7, 11) is 0. The zero-order chi connectivity index (χ0) is 23.3. The number of rotatable bonds is 6. The summed E-state index contributed by atoms with van der Waals surface area (Å²) in [4.78, 5) is 27.9. The van der Waals surface area contributed by atoms with Gasteiger partial charge in [0.2, 0.25) is 11.6 Å². The predicted molar refractivity (Wildman–Crippen MR) is 145 cm³/mol. The Balaban J connectivity index is 1.66. The van der Waals surface area contributed by atoms with Crippen LogP contribution in [0.4, 0.5) is 0 Å². The lowest BCUT2D eigenvalue weighted by Crippen LogP contribution is -2.04. The van der Waals surface area contributed by atoms with Crippen molar-refractivity contribution in [2.75, 3.05) is 0 Å². The maximum Gasteiger partial charge on any atom is 0.204 e. The molecular formula is C26H19Br2NO2S2. The number of halogens is 2. The minimum Gasteiger partial charge on any atom is -0.339 e. The van der Waals surface area contributed by atoms with Crippen LogP contribution >= 0.6 is 54.5 Å². The van der Waals surface area contributed by atoms with Crippen molar-refractivity contribution in [1.82, 2.24) is 4.57 Å². The van der Waals surface area contributed by atoms with Gasteiger partial charge in [-0.2, -0.15) is 0 Å². The average molecular weight is 601 g/mol. The maximum absolute atomic E-state index is 13.3. The van der Waals surface area contributed by atoms with Gasteiger partial charge in [-0.25, -0.2) is 0 Å². The van der Waals surface area contributed by atoms with E-state index in [9.17, 15) is 9.59 Å². The molecule has 0 N–H and O–H groups in total. The Morgan fingerprint density at radius 3 is 1.61 bits per heavy atom. The van der Waals surface area contributed by atoms with Crippen molar-refractivity contribution in [3.05, 3.63) is 90.5 Å². The predicted octanol–water partition coefficient (Wildman–Crippen LogP) is 8.56. The topological polar surface area (TPSA) is 39.1 Å². The van der Waals surface area contributed by atoms with Crippen molar-refractivity contribution in [2.24, 2.45) is 5.92 Å². The first-order chi connectivity index (χ1) is 15.8. The molecule has 0 unspecified atom stereocenters. The fourth-order valence-electron chi connectivity index (χ4n) is 3.96. The minimum atomic E-state index is 0.00833. The Kier molecular flexibility index (Phi) is 6.16. The van der Waals surface area contributed by atoms with E-state index in [1.807, 2.05) is 60.7 Å². The molecule has 0 aliphatic carbocycles. The first-order valence-corrected chi connectivity index (χ1v) is 13.7. The molecule has 2 aromatic carbocycles. The van der Waals surface area contributed by atoms with E-state index in [4.69, 9.17) is 0 Å². The Labute approximate surface area is 216 Å². The zero-order valence-corrected chi connectivity index (χ0v) is 22.7. The van der Waals surface area contributed by atoms with E-state index in [1.54, 1.807) is 0 Å². The highest BCUT2D eigenvalue weighted by Crippen LogP contribution is 2.42. The first-order valence-electron chi connectivity index (χ1n) is 10.5. The first kappa shape index (κ1) is 22.7. The monoisotopic (exact) mass is 599 g/mol. The van der Waals surface area contributed by atoms with Gasteiger partial charge >= 0.3 is 0 Å². The molecule has 0 aliphatic heterocycles. The van der Waals surface area contributed by atoms with Crippen LogP contribution in [0, 0.1) is 5.92 Å². The second-order valence-electron chi connectivity index (χ2n) is 8.27. The Hall–Kier alpha value is -2.06. The number of hydrogen-bond donors (Lipinski definition) is 0. The van der Waals surface area contributed by atoms with E-state index in [-0.39, 0.29) is 11.6 Å². The van der Waals surface area contributed by atoms with Gasteiger partial charge in [-0.05, 0) is 42.3 Å². The zero-order valence-electron chi connectivity index (χ0n) is 17.9. The highest BCUT2D eigenvalue weighted by molar-refractivity contribution is 9.10. The van der Waals surface area contributed by atoms with Crippen LogP contribution in [-0.2, 0) is 6.54 Å². The molecule has 0 aliphatic rings. The molecule has 5 aromatic rings. The highest BCUT2D eigenvalue weighted by atomic mass is 79.9. The van der Waals surface area contributed by atoms with Crippen molar-refractivity contribution >= 4 is 86.5 Å². The SMILES string of the molecule is CC(C)Cn1c2cc(C(=O)c3ccccc3Br)sc2c2sc(C(=O)c3ccccc3Br)cc21. The molecule has 33 heavy (non-hydrogen) atoms. The number of nitrogens with zero attached hydrogens (tertiary/aromatic N) is 1. The van der Waals surface area contributed by atoms with Gasteiger partial charge in [-0.15, -0.1) is 22.7 Å². The molecule has 0 fully saturated rings. The van der Waals surface area contributed by atoms with Crippen LogP contribution in [0.25, 0.3) is 20.4 Å². The van der Waals surface area contributed by atoms with Crippen LogP contribution in [0.5, 0.6) is 0 Å². The quantitative estimate of drug-likeness (QED) is 0.183. The average Bonchev–Trinajstić information content (AvgIpc) is 3.47. The largest absolute Gasteiger partial charge is 0.339 e. The summed E-state index contributed by atoms with van der Waals surface area (Å²) < 4.78 is 5.98. The summed E-state index contributed by atoms with van der Waals surface area (Å²) in [5.74, 6) is 0.441. The third kappa shape index (κ3) is 4.05. The number of hydrogen-bond acceptors (Lipinski definition) is 4. The molecule has 0 amide bonds. The summed E-state index contributed by atoms with van der Waals surface area (Å²) in [5.41, 5.74) is 3.43. The van der Waals surface area contributed by atoms with E-state index in [2.05, 4.69) is 50.3 Å². The third-order valence-electron chi connectivity index (χ3n) is 5.45. The summed E-state index contributed by atoms with van der Waals surface area (Å²) in [6.07, 6.45) is 0. The maximum atomic E-state index is 13.3. The fraction of sp³-hybridized carbons (Fsp3) is 0.154. The van der Waals surface area contributed by atoms with Crippen molar-refractivity contribution < 1.29 is 9.59 Å². The third-order valence-corrected chi connectivity index (χ3v) is 9.24. The number of carbonyl (C=O) groups excluding carboxylic acids is 2. The lowest BCUT2D eigenvalue weighted by Gasteiger charge is -2.08. The fourth-order valence-corrected chi connectivity index (χ4v) is 7.27. The Morgan fingerprint density at radius 2 is 1.21 bits per heavy atom. The van der Waals surface area contributed by atoms with Crippen LogP contribution in [0.3, 0.4) is 0 Å². The van der Waals surface area contributed by atoms with Crippen LogP contribution in [0.1, 0.15) is 44.3 Å². The molecule has 0 atom stereocenters. The molecule has 3 aromatic heterocycles. The van der Waals surface area contributed by atoms with E-state index in [1.165, 1.54) is 22.7 Å². The van der Waals surface area contributed by atoms with Gasteiger partial charge in [-0.1, -0.05) is 70.0 Å². The Bertz CT molecular complexity index is 1430. The summed E-state index contributed by atoms with van der Waals surface area (Å²) >= 11 is 10.0. The molecular weight excluding hydrogens is 582 g/mol. The number of aromatic nitrogens is 1. The molecule has 3 nitrogen and oxygen atoms in total. The number of carbonyl (C=O) groups is 2. The molecule has 0 saturated carbocycles. The molecule has 0 spiro atoms. The Morgan fingerprint density at radius 1 is 0.788 bits per heavy atom. The molecule has 7 heteroatoms. The van der Waals surface area contributed by atoms with Gasteiger partial charge < -0.3 is 4.57 Å². The molecule has 0 bridgehead atoms. The smallest absolute Gasteiger partial charge is 0.204 e. The van der Waals surface area contributed by atoms with Gasteiger partial charge in [-0.3, -0.25) is 9.59 Å². The van der Waals surface area contributed by atoms with E-state index in [0.717, 1.165) is 35.9 Å². The standard InChI is InChI=1S/C26H19Br2NO2S2/c1-14(2)13-29-19-11-21(23(30)15-7-3-5-9-17(15)27)32-25(19)26-20(29)12-22(33-26)24(31)16-8-4-6-10-18(16)28/h3-12,14H,13H2,1-2H3. The van der Waals surface area contributed by atoms with E-state index >= 15 is 0 Å². The van der Waals surface area contributed by atoms with E-state index in [0.29, 0.717) is 26.8 Å². The normalized spacial score (nSPS) is 11.7. The van der Waals surface area contributed by atoms with Crippen molar-refractivity contribution in [3.8, 4) is 0 Å². The van der Waals surface area contributed by atoms with Crippen LogP contribution in [-0.4, -0.2) is 16.1 Å². The molecule has 0 radical (unpaired) electrons. The summed E-state index contributed by atoms with van der Waals surface area (Å²) in [5, 5.41) is 0. The lowest BCUT2D eigenvalue weighted by atomic mass is 10.1. The number of benzene rings is 2. The van der Waals surface area contributed by atoms with Crippen LogP contribution in [0.15, 0.2) is 69.6 Å². The highest BCUT2D eigenvalue weighted by Gasteiger charge is 2.24. The molecule has 3 heterocycles. The number of ketones is 2. The van der Waals surface area contributed by atoms with Gasteiger partial charge in [0.05, 0.1) is 30.2 Å². The van der Waals surface area contributed by atoms with Crippen molar-refractivity contribution in [3.63, 3.8) is 0 Å². The molecule has 5 rings (SSSR count). The lowest BCUT2D eigenvalue weighted by molar-refractivity contribution is 0.103. The summed E-state index contributed by atoms with van der Waals surface area (Å²) in [6, 6.07) is 19.0. The van der Waals surface area contributed by atoms with Crippen LogP contribution in [0.2, 0.25) is 0 Å². The van der Waals surface area contributed by atoms with Crippen LogP contribution < -0.4 is 0 Å². The van der Waals surface area contributed by atoms with Gasteiger partial charge in [0.15, 0.2) is 0 Å². The minimum absolute atomic E-state index is 0.00833. The summed E-state index contributed by atoms with van der Waals surface area (Å²) in [6.45, 7) is 5.17. The number of fused-ring (bicyclic) bond motifs is 3. The molecule has 0 saturated heterocycles. The van der Waals surface area contributed by atoms with Gasteiger partial charge in [0.1, 0.15) is 0 Å². The van der Waals surface area contributed by atoms with Gasteiger partial charge in [0, 0.05) is 26.6 Å². The van der Waals surface area contributed by atoms with Crippen molar-refractivity contribution in [1.29, 1.82) is 0 Å². The van der Waals surface area contributed by atoms with Crippen molar-refractivity contribution in [2.45, 2.75) is 20.4 Å². The van der Waals surface area contributed by atoms with Gasteiger partial charge in [0.25, 0.3) is 0 Å². The van der Waals surface area contributed by atoms with E-state index < -0.39 is 0 Å². The number of thiophene rings is 2. The second-order valence-corrected chi connectivity index (χ2v) is 12.1. The molecule has 166 valence electrons. The second kappa shape index (κ2) is 8.95.